The van der Waals surface area contributed by atoms with Crippen LogP contribution in [0.3, 0.4) is 0 Å². The van der Waals surface area contributed by atoms with Gasteiger partial charge in [-0.25, -0.2) is 0 Å². The summed E-state index contributed by atoms with van der Waals surface area (Å²) in [6.07, 6.45) is 0. The van der Waals surface area contributed by atoms with E-state index in [1.54, 1.807) is 12.1 Å². The number of anilines is 1. The number of nitrogens with zero attached hydrogens (tertiary/aromatic N) is 1. The van der Waals surface area contributed by atoms with Crippen molar-refractivity contribution in [3.63, 3.8) is 0 Å². The van der Waals surface area contributed by atoms with E-state index in [0.29, 0.717) is 6.54 Å². The van der Waals surface area contributed by atoms with E-state index in [4.69, 9.17) is 11.6 Å². The average molecular weight is 291 g/mol. The highest BCUT2D eigenvalue weighted by Crippen LogP contribution is 2.26. The number of nitro benzene ring substituents is 1. The average Bonchev–Trinajstić information content (AvgIpc) is 2.41. The Kier molecular flexibility index (Phi) is 4.25. The summed E-state index contributed by atoms with van der Waals surface area (Å²) in [6.45, 7) is 4.56. The Hall–Kier alpha value is -2.07. The van der Waals surface area contributed by atoms with E-state index in [1.807, 2.05) is 26.0 Å². The van der Waals surface area contributed by atoms with Crippen LogP contribution in [0.25, 0.3) is 0 Å². The first-order chi connectivity index (χ1) is 9.47. The van der Waals surface area contributed by atoms with Crippen LogP contribution in [0.5, 0.6) is 0 Å². The van der Waals surface area contributed by atoms with Crippen LogP contribution < -0.4 is 5.32 Å². The maximum absolute atomic E-state index is 10.8. The molecule has 0 atom stereocenters. The molecule has 0 aliphatic heterocycles. The predicted octanol–water partition coefficient (Wildman–Crippen LogP) is 4.48. The Balaban J connectivity index is 2.17. The quantitative estimate of drug-likeness (QED) is 0.667. The molecule has 0 unspecified atom stereocenters. The third-order valence-corrected chi connectivity index (χ3v) is 3.40. The van der Waals surface area contributed by atoms with Gasteiger partial charge >= 0.3 is 0 Å². The van der Waals surface area contributed by atoms with Crippen LogP contribution in [-0.4, -0.2) is 4.92 Å². The number of halogens is 1. The topological polar surface area (TPSA) is 55.2 Å². The summed E-state index contributed by atoms with van der Waals surface area (Å²) in [6, 6.07) is 11.0. The van der Waals surface area contributed by atoms with Crippen molar-refractivity contribution >= 4 is 23.0 Å². The van der Waals surface area contributed by atoms with Crippen molar-refractivity contribution in [2.24, 2.45) is 0 Å². The summed E-state index contributed by atoms with van der Waals surface area (Å²) in [7, 11) is 0. The Bertz CT molecular complexity index is 656. The second-order valence-electron chi connectivity index (χ2n) is 4.71. The van der Waals surface area contributed by atoms with Gasteiger partial charge in [0.1, 0.15) is 5.02 Å². The summed E-state index contributed by atoms with van der Waals surface area (Å²) in [4.78, 5) is 10.4. The molecule has 0 amide bonds. The van der Waals surface area contributed by atoms with Crippen LogP contribution in [0.4, 0.5) is 11.4 Å². The molecule has 4 nitrogen and oxygen atoms in total. The van der Waals surface area contributed by atoms with E-state index in [9.17, 15) is 10.1 Å². The molecule has 2 aromatic rings. The van der Waals surface area contributed by atoms with E-state index in [2.05, 4.69) is 11.4 Å². The molecule has 1 N–H and O–H groups in total. The van der Waals surface area contributed by atoms with Crippen molar-refractivity contribution in [3.05, 3.63) is 68.2 Å². The summed E-state index contributed by atoms with van der Waals surface area (Å²) in [5, 5.41) is 14.3. The SMILES string of the molecule is Cc1ccc(C)c(NCc2ccc(Cl)c([N+](=O)[O-])c2)c1. The summed E-state index contributed by atoms with van der Waals surface area (Å²) in [5.41, 5.74) is 4.09. The predicted molar refractivity (Wildman–Crippen MR) is 81.3 cm³/mol. The number of aryl methyl sites for hydroxylation is 2. The summed E-state index contributed by atoms with van der Waals surface area (Å²) in [5.74, 6) is 0. The number of nitrogens with one attached hydrogen (secondary N) is 1. The molecule has 0 heterocycles. The van der Waals surface area contributed by atoms with E-state index in [-0.39, 0.29) is 10.7 Å². The third kappa shape index (κ3) is 3.27. The van der Waals surface area contributed by atoms with E-state index in [1.165, 1.54) is 11.6 Å². The van der Waals surface area contributed by atoms with Crippen LogP contribution >= 0.6 is 11.6 Å². The molecule has 0 bridgehead atoms. The van der Waals surface area contributed by atoms with Crippen LogP contribution in [0.2, 0.25) is 5.02 Å². The summed E-state index contributed by atoms with van der Waals surface area (Å²) < 4.78 is 0. The fraction of sp³-hybridized carbons (Fsp3) is 0.200. The number of benzene rings is 2. The highest BCUT2D eigenvalue weighted by Gasteiger charge is 2.12. The largest absolute Gasteiger partial charge is 0.381 e. The molecule has 2 rings (SSSR count). The van der Waals surface area contributed by atoms with Crippen molar-refractivity contribution in [1.82, 2.24) is 0 Å². The summed E-state index contributed by atoms with van der Waals surface area (Å²) >= 11 is 5.79. The second-order valence-corrected chi connectivity index (χ2v) is 5.12. The lowest BCUT2D eigenvalue weighted by atomic mass is 10.1. The van der Waals surface area contributed by atoms with Gasteiger partial charge in [-0.05, 0) is 42.7 Å². The molecular formula is C15H15ClN2O2. The smallest absolute Gasteiger partial charge is 0.288 e. The van der Waals surface area contributed by atoms with Crippen molar-refractivity contribution in [2.75, 3.05) is 5.32 Å². The molecule has 20 heavy (non-hydrogen) atoms. The minimum Gasteiger partial charge on any atom is -0.381 e. The molecule has 5 heteroatoms. The van der Waals surface area contributed by atoms with Crippen LogP contribution in [0, 0.1) is 24.0 Å². The first-order valence-electron chi connectivity index (χ1n) is 6.21. The minimum atomic E-state index is -0.469. The zero-order chi connectivity index (χ0) is 14.7. The lowest BCUT2D eigenvalue weighted by molar-refractivity contribution is -0.384. The second kappa shape index (κ2) is 5.92. The standard InChI is InChI=1S/C15H15ClN2O2/c1-10-3-4-11(2)14(7-10)17-9-12-5-6-13(16)15(8-12)18(19)20/h3-8,17H,9H2,1-2H3. The molecule has 0 radical (unpaired) electrons. The van der Waals surface area contributed by atoms with Crippen molar-refractivity contribution < 1.29 is 4.92 Å². The molecule has 0 spiro atoms. The lowest BCUT2D eigenvalue weighted by Crippen LogP contribution is -2.02. The monoisotopic (exact) mass is 290 g/mol. The van der Waals surface area contributed by atoms with E-state index in [0.717, 1.165) is 16.8 Å². The molecule has 0 saturated carbocycles. The van der Waals surface area contributed by atoms with Gasteiger partial charge in [0.25, 0.3) is 5.69 Å². The normalized spacial score (nSPS) is 10.3. The van der Waals surface area contributed by atoms with Gasteiger partial charge in [0, 0.05) is 18.3 Å². The fourth-order valence-corrected chi connectivity index (χ4v) is 2.12. The van der Waals surface area contributed by atoms with Gasteiger partial charge in [0.2, 0.25) is 0 Å². The number of nitro groups is 1. The molecule has 0 saturated heterocycles. The molecule has 0 fully saturated rings. The van der Waals surface area contributed by atoms with Crippen LogP contribution in [-0.2, 0) is 6.54 Å². The Morgan fingerprint density at radius 2 is 1.95 bits per heavy atom. The molecule has 0 aliphatic carbocycles. The van der Waals surface area contributed by atoms with Crippen LogP contribution in [0.15, 0.2) is 36.4 Å². The van der Waals surface area contributed by atoms with Gasteiger partial charge in [-0.1, -0.05) is 29.8 Å². The minimum absolute atomic E-state index is 0.0630. The molecule has 0 aromatic heterocycles. The van der Waals surface area contributed by atoms with Gasteiger partial charge in [-0.2, -0.15) is 0 Å². The maximum Gasteiger partial charge on any atom is 0.288 e. The van der Waals surface area contributed by atoms with Crippen molar-refractivity contribution in [1.29, 1.82) is 0 Å². The first kappa shape index (κ1) is 14.3. The van der Waals surface area contributed by atoms with Gasteiger partial charge in [0.05, 0.1) is 4.92 Å². The molecule has 2 aromatic carbocycles. The number of hydrogen-bond donors (Lipinski definition) is 1. The van der Waals surface area contributed by atoms with E-state index >= 15 is 0 Å². The van der Waals surface area contributed by atoms with Crippen molar-refractivity contribution in [2.45, 2.75) is 20.4 Å². The Morgan fingerprint density at radius 1 is 1.20 bits per heavy atom. The fourth-order valence-electron chi connectivity index (χ4n) is 1.93. The Morgan fingerprint density at radius 3 is 2.65 bits per heavy atom. The third-order valence-electron chi connectivity index (χ3n) is 3.08. The zero-order valence-corrected chi connectivity index (χ0v) is 12.1. The number of hydrogen-bond acceptors (Lipinski definition) is 3. The van der Waals surface area contributed by atoms with Crippen molar-refractivity contribution in [3.8, 4) is 0 Å². The maximum atomic E-state index is 10.8. The highest BCUT2D eigenvalue weighted by atomic mass is 35.5. The highest BCUT2D eigenvalue weighted by molar-refractivity contribution is 6.32. The first-order valence-corrected chi connectivity index (χ1v) is 6.59. The van der Waals surface area contributed by atoms with Gasteiger partial charge in [0.15, 0.2) is 0 Å². The molecule has 0 aliphatic rings. The van der Waals surface area contributed by atoms with Crippen LogP contribution in [0.1, 0.15) is 16.7 Å². The van der Waals surface area contributed by atoms with E-state index < -0.39 is 4.92 Å². The molecular weight excluding hydrogens is 276 g/mol. The zero-order valence-electron chi connectivity index (χ0n) is 11.3. The van der Waals surface area contributed by atoms with Gasteiger partial charge < -0.3 is 5.32 Å². The lowest BCUT2D eigenvalue weighted by Gasteiger charge is -2.10. The number of rotatable bonds is 4. The molecule has 104 valence electrons. The van der Waals surface area contributed by atoms with Gasteiger partial charge in [-0.3, -0.25) is 10.1 Å². The Labute approximate surface area is 122 Å². The van der Waals surface area contributed by atoms with Gasteiger partial charge in [-0.15, -0.1) is 0 Å².